The molecule has 1 aromatic heterocycles. The zero-order chi connectivity index (χ0) is 27.8. The quantitative estimate of drug-likeness (QED) is 0.410. The van der Waals surface area contributed by atoms with E-state index in [4.69, 9.17) is 9.47 Å². The monoisotopic (exact) mass is 528 g/mol. The normalized spacial score (nSPS) is 13.7. The molecule has 0 aliphatic heterocycles. The van der Waals surface area contributed by atoms with Gasteiger partial charge in [-0.25, -0.2) is 22.8 Å². The van der Waals surface area contributed by atoms with E-state index >= 15 is 4.39 Å². The molecule has 2 aromatic carbocycles. The van der Waals surface area contributed by atoms with E-state index < -0.39 is 46.1 Å². The molecule has 7 nitrogen and oxygen atoms in total. The molecular weight excluding hydrogens is 501 g/mol. The second-order valence-corrected chi connectivity index (χ2v) is 9.84. The smallest absolute Gasteiger partial charge is 0.411 e. The molecule has 1 aliphatic rings. The van der Waals surface area contributed by atoms with E-state index in [1.807, 2.05) is 0 Å². The van der Waals surface area contributed by atoms with Crippen LogP contribution >= 0.6 is 0 Å². The van der Waals surface area contributed by atoms with E-state index in [0.717, 1.165) is 24.4 Å². The van der Waals surface area contributed by atoms with E-state index in [2.05, 4.69) is 5.32 Å². The first kappa shape index (κ1) is 27.0. The molecule has 0 radical (unpaired) electrons. The Labute approximate surface area is 216 Å². The van der Waals surface area contributed by atoms with Crippen LogP contribution in [0.1, 0.15) is 62.9 Å². The molecule has 1 amide bonds. The van der Waals surface area contributed by atoms with Crippen LogP contribution in [0.4, 0.5) is 18.0 Å². The van der Waals surface area contributed by atoms with Crippen molar-refractivity contribution in [3.05, 3.63) is 81.0 Å². The van der Waals surface area contributed by atoms with Crippen molar-refractivity contribution in [1.82, 2.24) is 9.88 Å². The molecule has 10 heteroatoms. The number of benzene rings is 2. The molecule has 0 spiro atoms. The molecule has 0 saturated heterocycles. The van der Waals surface area contributed by atoms with E-state index in [0.29, 0.717) is 36.6 Å². The van der Waals surface area contributed by atoms with E-state index in [9.17, 15) is 23.2 Å². The summed E-state index contributed by atoms with van der Waals surface area (Å²) in [4.78, 5) is 38.0. The average Bonchev–Trinajstić information content (AvgIpc) is 3.26. The van der Waals surface area contributed by atoms with Crippen molar-refractivity contribution in [2.45, 2.75) is 52.6 Å². The number of ether oxygens (including phenoxy) is 2. The van der Waals surface area contributed by atoms with Gasteiger partial charge in [-0.1, -0.05) is 0 Å². The standard InChI is InChI=1S/C28H27F3N2O5/c1-5-37-26(35)19-14-33(23-10-9-15(29)11-21(23)31)24-13-17(20(30)12-18(24)25(19)34)16-7-6-8-22(16)32-27(36)38-28(2,3)4/h9-14H,5-8H2,1-4H3,(H,32,36). The molecule has 0 fully saturated rings. The lowest BCUT2D eigenvalue weighted by molar-refractivity contribution is 0.0520. The van der Waals surface area contributed by atoms with E-state index in [1.54, 1.807) is 27.7 Å². The number of carbonyl (C=O) groups excluding carboxylic acids is 2. The second kappa shape index (κ2) is 10.4. The number of fused-ring (bicyclic) bond motifs is 1. The Hall–Kier alpha value is -4.08. The van der Waals surface area contributed by atoms with Gasteiger partial charge in [-0.3, -0.25) is 10.1 Å². The molecule has 0 saturated carbocycles. The van der Waals surface area contributed by atoms with Crippen molar-refractivity contribution in [3.63, 3.8) is 0 Å². The molecule has 200 valence electrons. The van der Waals surface area contributed by atoms with Gasteiger partial charge in [0.2, 0.25) is 5.43 Å². The highest BCUT2D eigenvalue weighted by Gasteiger charge is 2.26. The van der Waals surface area contributed by atoms with Gasteiger partial charge in [-0.05, 0) is 76.8 Å². The van der Waals surface area contributed by atoms with Crippen LogP contribution in [-0.4, -0.2) is 28.8 Å². The summed E-state index contributed by atoms with van der Waals surface area (Å²) >= 11 is 0. The zero-order valence-corrected chi connectivity index (χ0v) is 21.4. The molecule has 0 bridgehead atoms. The van der Waals surface area contributed by atoms with Crippen LogP contribution in [-0.2, 0) is 9.47 Å². The van der Waals surface area contributed by atoms with Crippen molar-refractivity contribution in [2.75, 3.05) is 6.61 Å². The average molecular weight is 529 g/mol. The largest absolute Gasteiger partial charge is 0.462 e. The molecule has 0 unspecified atom stereocenters. The van der Waals surface area contributed by atoms with Crippen LogP contribution in [0, 0.1) is 17.5 Å². The third kappa shape index (κ3) is 5.44. The van der Waals surface area contributed by atoms with Crippen molar-refractivity contribution in [1.29, 1.82) is 0 Å². The summed E-state index contributed by atoms with van der Waals surface area (Å²) in [6.07, 6.45) is 1.96. The molecular formula is C28H27F3N2O5. The second-order valence-electron chi connectivity index (χ2n) is 9.84. The summed E-state index contributed by atoms with van der Waals surface area (Å²) in [6.45, 7) is 6.70. The van der Waals surface area contributed by atoms with Crippen LogP contribution in [0.15, 0.2) is 47.0 Å². The third-order valence-corrected chi connectivity index (χ3v) is 5.95. The maximum atomic E-state index is 15.5. The van der Waals surface area contributed by atoms with Crippen molar-refractivity contribution >= 4 is 28.5 Å². The molecule has 1 N–H and O–H groups in total. The number of amides is 1. The van der Waals surface area contributed by atoms with Gasteiger partial charge < -0.3 is 14.0 Å². The number of allylic oxidation sites excluding steroid dienone is 2. The van der Waals surface area contributed by atoms with Gasteiger partial charge in [0.15, 0.2) is 0 Å². The van der Waals surface area contributed by atoms with Crippen molar-refractivity contribution in [3.8, 4) is 5.69 Å². The number of rotatable bonds is 5. The summed E-state index contributed by atoms with van der Waals surface area (Å²) in [5.74, 6) is -3.49. The van der Waals surface area contributed by atoms with Crippen LogP contribution in [0.3, 0.4) is 0 Å². The minimum absolute atomic E-state index is 0.0178. The number of carbonyl (C=O) groups is 2. The topological polar surface area (TPSA) is 86.6 Å². The molecule has 4 rings (SSSR count). The predicted molar refractivity (Wildman–Crippen MR) is 136 cm³/mol. The number of esters is 1. The maximum Gasteiger partial charge on any atom is 0.411 e. The van der Waals surface area contributed by atoms with Gasteiger partial charge in [-0.2, -0.15) is 0 Å². The Bertz CT molecular complexity index is 1540. The number of hydrogen-bond donors (Lipinski definition) is 1. The molecule has 1 aliphatic carbocycles. The predicted octanol–water partition coefficient (Wildman–Crippen LogP) is 6.00. The Morgan fingerprint density at radius 1 is 1.05 bits per heavy atom. The fourth-order valence-corrected chi connectivity index (χ4v) is 4.41. The van der Waals surface area contributed by atoms with E-state index in [1.165, 1.54) is 10.6 Å². The molecule has 38 heavy (non-hydrogen) atoms. The lowest BCUT2D eigenvalue weighted by Gasteiger charge is -2.20. The molecule has 3 aromatic rings. The summed E-state index contributed by atoms with van der Waals surface area (Å²) in [7, 11) is 0. The van der Waals surface area contributed by atoms with Gasteiger partial charge in [0.1, 0.15) is 28.6 Å². The van der Waals surface area contributed by atoms with Crippen molar-refractivity contribution < 1.29 is 32.2 Å². The number of halogens is 3. The Kier molecular flexibility index (Phi) is 7.35. The Morgan fingerprint density at radius 2 is 1.79 bits per heavy atom. The van der Waals surface area contributed by atoms with Gasteiger partial charge in [0.25, 0.3) is 0 Å². The number of aromatic nitrogens is 1. The highest BCUT2D eigenvalue weighted by molar-refractivity contribution is 5.95. The first-order chi connectivity index (χ1) is 17.9. The first-order valence-corrected chi connectivity index (χ1v) is 12.1. The summed E-state index contributed by atoms with van der Waals surface area (Å²) in [5, 5.41) is 2.50. The van der Waals surface area contributed by atoms with Crippen molar-refractivity contribution in [2.24, 2.45) is 0 Å². The minimum atomic E-state index is -0.956. The number of alkyl carbamates (subject to hydrolysis) is 1. The van der Waals surface area contributed by atoms with E-state index in [-0.39, 0.29) is 28.8 Å². The number of pyridine rings is 1. The lowest BCUT2D eigenvalue weighted by atomic mass is 10.00. The highest BCUT2D eigenvalue weighted by atomic mass is 19.1. The fourth-order valence-electron chi connectivity index (χ4n) is 4.41. The number of nitrogens with zero attached hydrogens (tertiary/aromatic N) is 1. The molecule has 0 atom stereocenters. The summed E-state index contributed by atoms with van der Waals surface area (Å²) < 4.78 is 55.5. The Morgan fingerprint density at radius 3 is 2.45 bits per heavy atom. The third-order valence-electron chi connectivity index (χ3n) is 5.95. The maximum absolute atomic E-state index is 15.5. The van der Waals surface area contributed by atoms with Crippen LogP contribution < -0.4 is 10.7 Å². The van der Waals surface area contributed by atoms with Crippen LogP contribution in [0.2, 0.25) is 0 Å². The van der Waals surface area contributed by atoms with Crippen LogP contribution in [0.25, 0.3) is 22.2 Å². The summed E-state index contributed by atoms with van der Waals surface area (Å²) in [6, 6.07) is 5.18. The minimum Gasteiger partial charge on any atom is -0.462 e. The highest BCUT2D eigenvalue weighted by Crippen LogP contribution is 2.36. The SMILES string of the molecule is CCOC(=O)c1cn(-c2ccc(F)cc2F)c2cc(C3=C(NC(=O)OC(C)(C)C)CCC3)c(F)cc2c1=O. The number of nitrogens with one attached hydrogen (secondary N) is 1. The fraction of sp³-hybridized carbons (Fsp3) is 0.321. The van der Waals surface area contributed by atoms with Gasteiger partial charge in [0.05, 0.1) is 17.8 Å². The zero-order valence-electron chi connectivity index (χ0n) is 21.4. The molecule has 1 heterocycles. The first-order valence-electron chi connectivity index (χ1n) is 12.1. The number of hydrogen-bond acceptors (Lipinski definition) is 5. The lowest BCUT2D eigenvalue weighted by Crippen LogP contribution is -2.32. The Balaban J connectivity index is 1.95. The summed E-state index contributed by atoms with van der Waals surface area (Å²) in [5.41, 5.74) is -0.957. The van der Waals surface area contributed by atoms with Gasteiger partial charge in [0, 0.05) is 28.9 Å². The van der Waals surface area contributed by atoms with Gasteiger partial charge >= 0.3 is 12.1 Å². The van der Waals surface area contributed by atoms with Gasteiger partial charge in [-0.15, -0.1) is 0 Å². The van der Waals surface area contributed by atoms with Crippen LogP contribution in [0.5, 0.6) is 0 Å².